The van der Waals surface area contributed by atoms with E-state index in [0.29, 0.717) is 0 Å². The molecule has 1 aromatic rings. The molecule has 0 aliphatic rings. The van der Waals surface area contributed by atoms with Crippen LogP contribution in [0.2, 0.25) is 0 Å². The minimum absolute atomic E-state index is 0.0712. The Hall–Kier alpha value is -1.76. The van der Waals surface area contributed by atoms with E-state index in [2.05, 4.69) is 4.74 Å². The minimum atomic E-state index is -3.00. The van der Waals surface area contributed by atoms with Gasteiger partial charge in [0.1, 0.15) is 5.75 Å². The van der Waals surface area contributed by atoms with E-state index in [-0.39, 0.29) is 17.0 Å². The van der Waals surface area contributed by atoms with Crippen LogP contribution in [-0.2, 0) is 6.61 Å². The van der Waals surface area contributed by atoms with Gasteiger partial charge in [-0.2, -0.15) is 8.78 Å². The molecule has 0 fully saturated rings. The van der Waals surface area contributed by atoms with Crippen LogP contribution in [0.5, 0.6) is 5.75 Å². The lowest BCUT2D eigenvalue weighted by Crippen LogP contribution is -2.03. The first-order valence-electron chi connectivity index (χ1n) is 3.87. The Labute approximate surface area is 83.1 Å². The predicted molar refractivity (Wildman–Crippen MR) is 45.7 cm³/mol. The van der Waals surface area contributed by atoms with E-state index in [1.165, 1.54) is 0 Å². The third-order valence-corrected chi connectivity index (χ3v) is 1.64. The van der Waals surface area contributed by atoms with Crippen LogP contribution in [0, 0.1) is 10.1 Å². The third kappa shape index (κ3) is 2.84. The zero-order valence-corrected chi connectivity index (χ0v) is 7.39. The summed E-state index contributed by atoms with van der Waals surface area (Å²) in [5.74, 6) is -0.223. The zero-order chi connectivity index (χ0) is 11.4. The first kappa shape index (κ1) is 11.3. The molecule has 7 heteroatoms. The number of hydrogen-bond acceptors (Lipinski definition) is 4. The summed E-state index contributed by atoms with van der Waals surface area (Å²) in [6.07, 6.45) is 0. The number of nitro benzene ring substituents is 1. The molecule has 0 unspecified atom stereocenters. The number of halogens is 2. The lowest BCUT2D eigenvalue weighted by molar-refractivity contribution is -0.385. The van der Waals surface area contributed by atoms with Gasteiger partial charge in [-0.1, -0.05) is 0 Å². The summed E-state index contributed by atoms with van der Waals surface area (Å²) < 4.78 is 27.6. The van der Waals surface area contributed by atoms with Crippen molar-refractivity contribution in [3.05, 3.63) is 33.9 Å². The molecule has 5 nitrogen and oxygen atoms in total. The molecule has 1 aromatic carbocycles. The Balaban J connectivity index is 3.02. The zero-order valence-electron chi connectivity index (χ0n) is 7.39. The molecule has 0 spiro atoms. The number of hydrogen-bond donors (Lipinski definition) is 1. The second-order valence-electron chi connectivity index (χ2n) is 2.58. The highest BCUT2D eigenvalue weighted by molar-refractivity contribution is 5.44. The fourth-order valence-electron chi connectivity index (χ4n) is 1.04. The summed E-state index contributed by atoms with van der Waals surface area (Å²) in [6, 6.07) is 3.05. The van der Waals surface area contributed by atoms with E-state index in [9.17, 15) is 18.9 Å². The van der Waals surface area contributed by atoms with Gasteiger partial charge in [-0.3, -0.25) is 10.1 Å². The molecule has 82 valence electrons. The van der Waals surface area contributed by atoms with Crippen molar-refractivity contribution in [2.75, 3.05) is 0 Å². The van der Waals surface area contributed by atoms with Crippen molar-refractivity contribution in [1.29, 1.82) is 0 Å². The molecule has 0 saturated carbocycles. The van der Waals surface area contributed by atoms with E-state index in [0.717, 1.165) is 18.2 Å². The summed E-state index contributed by atoms with van der Waals surface area (Å²) in [4.78, 5) is 9.71. The molecular weight excluding hydrogens is 212 g/mol. The maximum absolute atomic E-state index is 11.8. The largest absolute Gasteiger partial charge is 0.435 e. The van der Waals surface area contributed by atoms with Crippen molar-refractivity contribution in [2.24, 2.45) is 0 Å². The van der Waals surface area contributed by atoms with E-state index < -0.39 is 18.1 Å². The van der Waals surface area contributed by atoms with E-state index in [4.69, 9.17) is 5.11 Å². The van der Waals surface area contributed by atoms with Gasteiger partial charge in [0.25, 0.3) is 5.69 Å². The van der Waals surface area contributed by atoms with Gasteiger partial charge in [-0.05, 0) is 12.1 Å². The molecule has 0 bridgehead atoms. The first-order chi connectivity index (χ1) is 7.04. The number of nitro groups is 1. The minimum Gasteiger partial charge on any atom is -0.435 e. The molecule has 1 N–H and O–H groups in total. The SMILES string of the molecule is O=[N+]([O-])c1ccc(OC(F)F)cc1CO. The molecule has 0 amide bonds. The Morgan fingerprint density at radius 3 is 2.67 bits per heavy atom. The molecule has 0 heterocycles. The maximum atomic E-state index is 11.8. The van der Waals surface area contributed by atoms with Gasteiger partial charge in [0.2, 0.25) is 0 Å². The van der Waals surface area contributed by atoms with Crippen molar-refractivity contribution in [2.45, 2.75) is 13.2 Å². The Bertz CT molecular complexity index is 370. The summed E-state index contributed by atoms with van der Waals surface area (Å²) >= 11 is 0. The van der Waals surface area contributed by atoms with E-state index >= 15 is 0 Å². The number of aliphatic hydroxyl groups excluding tert-OH is 1. The van der Waals surface area contributed by atoms with E-state index in [1.54, 1.807) is 0 Å². The highest BCUT2D eigenvalue weighted by Gasteiger charge is 2.15. The molecule has 1 rings (SSSR count). The average molecular weight is 219 g/mol. The van der Waals surface area contributed by atoms with Gasteiger partial charge < -0.3 is 9.84 Å². The molecule has 0 radical (unpaired) electrons. The standard InChI is InChI=1S/C8H7F2NO4/c9-8(10)15-6-1-2-7(11(13)14)5(3-6)4-12/h1-3,8,12H,4H2. The van der Waals surface area contributed by atoms with Crippen molar-refractivity contribution in [3.63, 3.8) is 0 Å². The Kier molecular flexibility index (Phi) is 3.51. The summed E-state index contributed by atoms with van der Waals surface area (Å²) in [5, 5.41) is 19.2. The van der Waals surface area contributed by atoms with Crippen molar-refractivity contribution < 1.29 is 23.5 Å². The second-order valence-corrected chi connectivity index (χ2v) is 2.58. The molecule has 0 aliphatic carbocycles. The number of benzene rings is 1. The molecule has 0 atom stereocenters. The van der Waals surface area contributed by atoms with Gasteiger partial charge in [0.05, 0.1) is 17.1 Å². The number of rotatable bonds is 4. The van der Waals surface area contributed by atoms with Gasteiger partial charge in [0.15, 0.2) is 0 Å². The molecule has 15 heavy (non-hydrogen) atoms. The van der Waals surface area contributed by atoms with Gasteiger partial charge >= 0.3 is 6.61 Å². The van der Waals surface area contributed by atoms with Crippen molar-refractivity contribution in [1.82, 2.24) is 0 Å². The fourth-order valence-corrected chi connectivity index (χ4v) is 1.04. The summed E-state index contributed by atoms with van der Waals surface area (Å²) in [7, 11) is 0. The van der Waals surface area contributed by atoms with Crippen LogP contribution in [0.25, 0.3) is 0 Å². The highest BCUT2D eigenvalue weighted by atomic mass is 19.3. The quantitative estimate of drug-likeness (QED) is 0.617. The molecule has 0 saturated heterocycles. The summed E-state index contributed by atoms with van der Waals surface area (Å²) in [5.41, 5.74) is -0.405. The van der Waals surface area contributed by atoms with Crippen molar-refractivity contribution >= 4 is 5.69 Å². The van der Waals surface area contributed by atoms with Crippen LogP contribution in [-0.4, -0.2) is 16.6 Å². The normalized spacial score (nSPS) is 10.4. The van der Waals surface area contributed by atoms with Gasteiger partial charge in [-0.15, -0.1) is 0 Å². The smallest absolute Gasteiger partial charge is 0.387 e. The average Bonchev–Trinajstić information content (AvgIpc) is 2.16. The van der Waals surface area contributed by atoms with Crippen LogP contribution in [0.1, 0.15) is 5.56 Å². The number of aliphatic hydroxyl groups is 1. The lowest BCUT2D eigenvalue weighted by Gasteiger charge is -2.05. The topological polar surface area (TPSA) is 72.6 Å². The number of ether oxygens (including phenoxy) is 1. The highest BCUT2D eigenvalue weighted by Crippen LogP contribution is 2.24. The van der Waals surface area contributed by atoms with Crippen molar-refractivity contribution in [3.8, 4) is 5.75 Å². The number of alkyl halides is 2. The van der Waals surface area contributed by atoms with Crippen LogP contribution < -0.4 is 4.74 Å². The van der Waals surface area contributed by atoms with Crippen LogP contribution in [0.15, 0.2) is 18.2 Å². The monoisotopic (exact) mass is 219 g/mol. The van der Waals surface area contributed by atoms with E-state index in [1.807, 2.05) is 0 Å². The maximum Gasteiger partial charge on any atom is 0.387 e. The fraction of sp³-hybridized carbons (Fsp3) is 0.250. The lowest BCUT2D eigenvalue weighted by atomic mass is 10.2. The summed E-state index contributed by atoms with van der Waals surface area (Å²) in [6.45, 7) is -3.62. The third-order valence-electron chi connectivity index (χ3n) is 1.64. The van der Waals surface area contributed by atoms with Crippen LogP contribution >= 0.6 is 0 Å². The predicted octanol–water partition coefficient (Wildman–Crippen LogP) is 1.69. The Morgan fingerprint density at radius 2 is 2.20 bits per heavy atom. The second kappa shape index (κ2) is 4.65. The van der Waals surface area contributed by atoms with Crippen LogP contribution in [0.4, 0.5) is 14.5 Å². The molecule has 0 aromatic heterocycles. The number of nitrogens with zero attached hydrogens (tertiary/aromatic N) is 1. The molecular formula is C8H7F2NO4. The first-order valence-corrected chi connectivity index (χ1v) is 3.87. The van der Waals surface area contributed by atoms with Crippen LogP contribution in [0.3, 0.4) is 0 Å². The molecule has 0 aliphatic heterocycles. The van der Waals surface area contributed by atoms with Gasteiger partial charge in [-0.25, -0.2) is 0 Å². The van der Waals surface area contributed by atoms with Gasteiger partial charge in [0, 0.05) is 6.07 Å². The Morgan fingerprint density at radius 1 is 1.53 bits per heavy atom.